The summed E-state index contributed by atoms with van der Waals surface area (Å²) in [5, 5.41) is 6.55. The molecule has 1 aromatic heterocycles. The fourth-order valence-corrected chi connectivity index (χ4v) is 3.72. The molecule has 0 atom stereocenters. The van der Waals surface area contributed by atoms with Gasteiger partial charge in [-0.05, 0) is 18.6 Å². The van der Waals surface area contributed by atoms with Gasteiger partial charge in [0.15, 0.2) is 9.84 Å². The number of hydrogen-bond acceptors (Lipinski definition) is 6. The van der Waals surface area contributed by atoms with Gasteiger partial charge in [0, 0.05) is 37.0 Å². The molecule has 0 saturated carbocycles. The fraction of sp³-hybridized carbons (Fsp3) is 0.312. The maximum Gasteiger partial charge on any atom is 0.277 e. The number of benzene rings is 1. The van der Waals surface area contributed by atoms with Crippen LogP contribution in [-0.2, 0) is 21.7 Å². The molecular weight excluding hydrogens is 346 g/mol. The van der Waals surface area contributed by atoms with Crippen LogP contribution in [0.4, 0.5) is 0 Å². The lowest BCUT2D eigenvalue weighted by Crippen LogP contribution is -2.22. The molecule has 2 heterocycles. The number of carbonyl (C=O) groups excluding carboxylic acids is 1. The Bertz CT molecular complexity index is 1060. The van der Waals surface area contributed by atoms with E-state index in [1.165, 1.54) is 24.0 Å². The van der Waals surface area contributed by atoms with Crippen molar-refractivity contribution < 1.29 is 18.0 Å². The first-order valence-corrected chi connectivity index (χ1v) is 9.43. The number of H-pyrrole nitrogens is 1. The van der Waals surface area contributed by atoms with Gasteiger partial charge in [-0.25, -0.2) is 8.42 Å². The Morgan fingerprint density at radius 3 is 2.60 bits per heavy atom. The maximum atomic E-state index is 13.0. The first-order chi connectivity index (χ1) is 11.7. The Kier molecular flexibility index (Phi) is 4.11. The minimum absolute atomic E-state index is 0.00180. The molecule has 132 valence electrons. The van der Waals surface area contributed by atoms with Gasteiger partial charge in [0.2, 0.25) is 5.78 Å². The number of ketones is 1. The molecule has 0 amide bonds. The molecule has 1 aliphatic rings. The Hall–Kier alpha value is -2.68. The van der Waals surface area contributed by atoms with Gasteiger partial charge in [-0.3, -0.25) is 14.3 Å². The molecule has 3 rings (SSSR count). The average Bonchev–Trinajstić information content (AvgIpc) is 3.16. The van der Waals surface area contributed by atoms with E-state index < -0.39 is 21.2 Å². The Morgan fingerprint density at radius 2 is 2.08 bits per heavy atom. The van der Waals surface area contributed by atoms with Crippen molar-refractivity contribution >= 4 is 21.3 Å². The largest absolute Gasteiger partial charge is 0.395 e. The van der Waals surface area contributed by atoms with E-state index in [0.29, 0.717) is 24.3 Å². The van der Waals surface area contributed by atoms with Gasteiger partial charge in [0.1, 0.15) is 12.2 Å². The van der Waals surface area contributed by atoms with Crippen molar-refractivity contribution in [3.63, 3.8) is 0 Å². The van der Waals surface area contributed by atoms with Gasteiger partial charge in [-0.2, -0.15) is 0 Å². The molecule has 2 aromatic rings. The molecule has 0 bridgehead atoms. The first kappa shape index (κ1) is 17.2. The van der Waals surface area contributed by atoms with E-state index in [-0.39, 0.29) is 21.6 Å². The molecule has 0 fully saturated rings. The molecule has 0 spiro atoms. The Morgan fingerprint density at radius 1 is 1.36 bits per heavy atom. The second kappa shape index (κ2) is 5.99. The van der Waals surface area contributed by atoms with Crippen LogP contribution in [0.1, 0.15) is 33.5 Å². The minimum Gasteiger partial charge on any atom is -0.395 e. The van der Waals surface area contributed by atoms with E-state index >= 15 is 0 Å². The number of nitrogens with zero attached hydrogens (tertiary/aromatic N) is 2. The highest BCUT2D eigenvalue weighted by Gasteiger charge is 2.29. The van der Waals surface area contributed by atoms with Crippen molar-refractivity contribution in [1.29, 1.82) is 0 Å². The average molecular weight is 363 g/mol. The highest BCUT2D eigenvalue weighted by atomic mass is 32.2. The molecule has 1 N–H and O–H groups in total. The lowest BCUT2D eigenvalue weighted by atomic mass is 9.92. The number of hydrogen-bond donors (Lipinski definition) is 1. The van der Waals surface area contributed by atoms with Gasteiger partial charge in [-0.15, -0.1) is 0 Å². The van der Waals surface area contributed by atoms with Gasteiger partial charge in [0.25, 0.3) is 5.56 Å². The summed E-state index contributed by atoms with van der Waals surface area (Å²) in [6.45, 7) is 2.00. The molecule has 1 aromatic carbocycles. The normalized spacial score (nSPS) is 14.3. The summed E-state index contributed by atoms with van der Waals surface area (Å²) in [5.74, 6) is -0.547. The van der Waals surface area contributed by atoms with Gasteiger partial charge in [-0.1, -0.05) is 11.2 Å². The topological polar surface area (TPSA) is 111 Å². The van der Waals surface area contributed by atoms with Crippen molar-refractivity contribution in [1.82, 2.24) is 9.78 Å². The second-order valence-corrected chi connectivity index (χ2v) is 7.89. The molecule has 0 saturated heterocycles. The van der Waals surface area contributed by atoms with E-state index in [1.807, 2.05) is 0 Å². The third-order valence-electron chi connectivity index (χ3n) is 4.08. The summed E-state index contributed by atoms with van der Waals surface area (Å²) in [4.78, 5) is 30.2. The quantitative estimate of drug-likeness (QED) is 0.807. The summed E-state index contributed by atoms with van der Waals surface area (Å²) in [7, 11) is -2.12. The molecule has 8 nitrogen and oxygen atoms in total. The van der Waals surface area contributed by atoms with Gasteiger partial charge in [0.05, 0.1) is 10.6 Å². The molecule has 9 heteroatoms. The third kappa shape index (κ3) is 2.91. The number of rotatable bonds is 4. The van der Waals surface area contributed by atoms with Crippen LogP contribution in [0.3, 0.4) is 0 Å². The lowest BCUT2D eigenvalue weighted by molar-refractivity contribution is 0.103. The third-order valence-corrected chi connectivity index (χ3v) is 5.22. The summed E-state index contributed by atoms with van der Waals surface area (Å²) in [6.07, 6.45) is 2.77. The molecular formula is C16H17N3O5S. The zero-order valence-corrected chi connectivity index (χ0v) is 14.8. The number of carbonyl (C=O) groups is 1. The molecule has 0 radical (unpaired) electrons. The minimum atomic E-state index is -3.61. The summed E-state index contributed by atoms with van der Waals surface area (Å²) in [5.41, 5.74) is 0.781. The van der Waals surface area contributed by atoms with Gasteiger partial charge < -0.3 is 9.94 Å². The van der Waals surface area contributed by atoms with Crippen molar-refractivity contribution in [3.8, 4) is 0 Å². The number of oxime groups is 1. The zero-order chi connectivity index (χ0) is 18.4. The van der Waals surface area contributed by atoms with E-state index in [4.69, 9.17) is 4.84 Å². The van der Waals surface area contributed by atoms with Crippen molar-refractivity contribution in [2.45, 2.75) is 18.2 Å². The second-order valence-electron chi connectivity index (χ2n) is 5.90. The van der Waals surface area contributed by atoms with E-state index in [1.54, 1.807) is 13.0 Å². The predicted octanol–water partition coefficient (Wildman–Crippen LogP) is 0.781. The van der Waals surface area contributed by atoms with E-state index in [0.717, 1.165) is 6.26 Å². The summed E-state index contributed by atoms with van der Waals surface area (Å²) < 4.78 is 25.6. The van der Waals surface area contributed by atoms with Crippen LogP contribution in [0.15, 0.2) is 33.2 Å². The van der Waals surface area contributed by atoms with Gasteiger partial charge >= 0.3 is 0 Å². The SMILES string of the molecule is Cc1ccc(S(C)(=O)=O)c(C2=NOCC2)c1C(=O)c1c[nH]n(C)c1=O. The van der Waals surface area contributed by atoms with Crippen LogP contribution < -0.4 is 5.56 Å². The van der Waals surface area contributed by atoms with Crippen molar-refractivity contribution in [2.24, 2.45) is 12.2 Å². The highest BCUT2D eigenvalue weighted by Crippen LogP contribution is 2.28. The monoisotopic (exact) mass is 363 g/mol. The summed E-state index contributed by atoms with van der Waals surface area (Å²) >= 11 is 0. The zero-order valence-electron chi connectivity index (χ0n) is 14.0. The number of aryl methyl sites for hydroxylation is 2. The Labute approximate surface area is 144 Å². The van der Waals surface area contributed by atoms with Crippen LogP contribution in [0.5, 0.6) is 0 Å². The predicted molar refractivity (Wildman–Crippen MR) is 90.9 cm³/mol. The number of aromatic nitrogens is 2. The first-order valence-electron chi connectivity index (χ1n) is 7.53. The molecule has 1 aliphatic heterocycles. The lowest BCUT2D eigenvalue weighted by Gasteiger charge is -2.14. The molecule has 25 heavy (non-hydrogen) atoms. The van der Waals surface area contributed by atoms with Crippen LogP contribution in [0.2, 0.25) is 0 Å². The highest BCUT2D eigenvalue weighted by molar-refractivity contribution is 7.90. The Balaban J connectivity index is 2.34. The molecule has 0 unspecified atom stereocenters. The smallest absolute Gasteiger partial charge is 0.277 e. The fourth-order valence-electron chi connectivity index (χ4n) is 2.82. The van der Waals surface area contributed by atoms with Crippen LogP contribution in [0, 0.1) is 6.92 Å². The molecule has 0 aliphatic carbocycles. The van der Waals surface area contributed by atoms with Crippen molar-refractivity contribution in [3.05, 3.63) is 50.9 Å². The number of nitrogens with one attached hydrogen (secondary N) is 1. The maximum absolute atomic E-state index is 13.0. The number of aromatic amines is 1. The van der Waals surface area contributed by atoms with Crippen LogP contribution >= 0.6 is 0 Å². The van der Waals surface area contributed by atoms with E-state index in [9.17, 15) is 18.0 Å². The number of sulfone groups is 1. The van der Waals surface area contributed by atoms with Crippen LogP contribution in [-0.4, -0.2) is 42.6 Å². The standard InChI is InChI=1S/C16H17N3O5S/c1-9-4-5-12(25(3,22)23)14(11-6-7-24-18-11)13(9)15(20)10-8-17-19(2)16(10)21/h4-5,8,17H,6-7H2,1-3H3. The van der Waals surface area contributed by atoms with E-state index in [2.05, 4.69) is 10.3 Å². The summed E-state index contributed by atoms with van der Waals surface area (Å²) in [6, 6.07) is 3.01. The van der Waals surface area contributed by atoms with Crippen LogP contribution in [0.25, 0.3) is 0 Å². The van der Waals surface area contributed by atoms with Crippen molar-refractivity contribution in [2.75, 3.05) is 12.9 Å².